The highest BCUT2D eigenvalue weighted by atomic mass is 32.1. The molecule has 0 saturated heterocycles. The van der Waals surface area contributed by atoms with E-state index >= 15 is 0 Å². The Morgan fingerprint density at radius 2 is 1.79 bits per heavy atom. The van der Waals surface area contributed by atoms with Crippen LogP contribution < -0.4 is 5.32 Å². The maximum absolute atomic E-state index is 13.2. The fourth-order valence-corrected chi connectivity index (χ4v) is 3.64. The largest absolute Gasteiger partial charge is 0.309 e. The number of hydrogen-bond acceptors (Lipinski definition) is 4. The first-order valence-corrected chi connectivity index (χ1v) is 10.1. The summed E-state index contributed by atoms with van der Waals surface area (Å²) in [5, 5.41) is 4.84. The number of thiophene rings is 1. The number of aromatic nitrogens is 2. The van der Waals surface area contributed by atoms with Gasteiger partial charge in [-0.15, -0.1) is 11.3 Å². The first-order chi connectivity index (χ1) is 14.2. The number of hydrogen-bond donors (Lipinski definition) is 1. The van der Waals surface area contributed by atoms with E-state index in [-0.39, 0.29) is 11.7 Å². The van der Waals surface area contributed by atoms with Crippen LogP contribution in [0.3, 0.4) is 0 Å². The molecule has 2 heterocycles. The summed E-state index contributed by atoms with van der Waals surface area (Å²) in [6.07, 6.45) is 2.61. The SMILES string of the molecule is O=C(CCc1ccccc1)Nc1ncc(-c2ccc(F)cc2)nc1-c1cccs1. The van der Waals surface area contributed by atoms with Gasteiger partial charge < -0.3 is 5.32 Å². The number of carbonyl (C=O) groups excluding carboxylic acids is 1. The Morgan fingerprint density at radius 3 is 2.52 bits per heavy atom. The monoisotopic (exact) mass is 403 g/mol. The normalized spacial score (nSPS) is 10.7. The van der Waals surface area contributed by atoms with Crippen LogP contribution in [0.15, 0.2) is 78.3 Å². The van der Waals surface area contributed by atoms with Crippen molar-refractivity contribution >= 4 is 23.1 Å². The summed E-state index contributed by atoms with van der Waals surface area (Å²) in [4.78, 5) is 22.5. The first-order valence-electron chi connectivity index (χ1n) is 9.20. The van der Waals surface area contributed by atoms with Crippen molar-refractivity contribution in [2.75, 3.05) is 5.32 Å². The minimum absolute atomic E-state index is 0.115. The average Bonchev–Trinajstić information content (AvgIpc) is 3.29. The third-order valence-electron chi connectivity index (χ3n) is 4.41. The van der Waals surface area contributed by atoms with Crippen molar-refractivity contribution in [3.8, 4) is 21.8 Å². The van der Waals surface area contributed by atoms with Crippen LogP contribution >= 0.6 is 11.3 Å². The summed E-state index contributed by atoms with van der Waals surface area (Å²) in [5.41, 5.74) is 3.10. The van der Waals surface area contributed by atoms with Gasteiger partial charge in [-0.05, 0) is 47.7 Å². The molecule has 1 N–H and O–H groups in total. The second-order valence-corrected chi connectivity index (χ2v) is 7.42. The molecule has 2 aromatic carbocycles. The molecule has 2 aromatic heterocycles. The van der Waals surface area contributed by atoms with Gasteiger partial charge in [0.2, 0.25) is 5.91 Å². The van der Waals surface area contributed by atoms with E-state index < -0.39 is 0 Å². The second kappa shape index (κ2) is 8.75. The van der Waals surface area contributed by atoms with Gasteiger partial charge in [-0.1, -0.05) is 36.4 Å². The lowest BCUT2D eigenvalue weighted by Gasteiger charge is -2.11. The van der Waals surface area contributed by atoms with E-state index in [1.807, 2.05) is 47.8 Å². The molecular formula is C23H18FN3OS. The van der Waals surface area contributed by atoms with Crippen molar-refractivity contribution < 1.29 is 9.18 Å². The topological polar surface area (TPSA) is 54.9 Å². The van der Waals surface area contributed by atoms with Crippen molar-refractivity contribution in [3.05, 3.63) is 89.7 Å². The van der Waals surface area contributed by atoms with Crippen molar-refractivity contribution in [1.29, 1.82) is 0 Å². The molecule has 144 valence electrons. The van der Waals surface area contributed by atoms with Crippen molar-refractivity contribution in [2.45, 2.75) is 12.8 Å². The van der Waals surface area contributed by atoms with E-state index in [9.17, 15) is 9.18 Å². The third kappa shape index (κ3) is 4.73. The number of anilines is 1. The van der Waals surface area contributed by atoms with Crippen molar-refractivity contribution in [2.24, 2.45) is 0 Å². The summed E-state index contributed by atoms with van der Waals surface area (Å²) in [6, 6.07) is 19.8. The number of carbonyl (C=O) groups is 1. The number of nitrogens with zero attached hydrogens (tertiary/aromatic N) is 2. The van der Waals surface area contributed by atoms with Gasteiger partial charge in [-0.3, -0.25) is 4.79 Å². The predicted octanol–water partition coefficient (Wildman–Crippen LogP) is 5.58. The van der Waals surface area contributed by atoms with Gasteiger partial charge in [0.05, 0.1) is 16.8 Å². The van der Waals surface area contributed by atoms with Crippen LogP contribution in [0.5, 0.6) is 0 Å². The fraction of sp³-hybridized carbons (Fsp3) is 0.0870. The van der Waals surface area contributed by atoms with Crippen molar-refractivity contribution in [3.63, 3.8) is 0 Å². The van der Waals surface area contributed by atoms with Gasteiger partial charge >= 0.3 is 0 Å². The van der Waals surface area contributed by atoms with Crippen LogP contribution in [0.2, 0.25) is 0 Å². The van der Waals surface area contributed by atoms with Crippen LogP contribution in [0.25, 0.3) is 21.8 Å². The van der Waals surface area contributed by atoms with Crippen LogP contribution in [-0.2, 0) is 11.2 Å². The molecule has 0 fully saturated rings. The van der Waals surface area contributed by atoms with Crippen LogP contribution in [0.1, 0.15) is 12.0 Å². The minimum Gasteiger partial charge on any atom is -0.309 e. The molecular weight excluding hydrogens is 385 g/mol. The van der Waals surface area contributed by atoms with Gasteiger partial charge in [0.25, 0.3) is 0 Å². The zero-order valence-corrected chi connectivity index (χ0v) is 16.3. The summed E-state index contributed by atoms with van der Waals surface area (Å²) in [5.74, 6) is 0.00866. The number of nitrogens with one attached hydrogen (secondary N) is 1. The quantitative estimate of drug-likeness (QED) is 0.457. The lowest BCUT2D eigenvalue weighted by atomic mass is 10.1. The van der Waals surface area contributed by atoms with Crippen LogP contribution in [0, 0.1) is 5.82 Å². The molecule has 0 saturated carbocycles. The van der Waals surface area contributed by atoms with E-state index in [0.717, 1.165) is 16.0 Å². The number of benzene rings is 2. The van der Waals surface area contributed by atoms with E-state index in [4.69, 9.17) is 4.98 Å². The predicted molar refractivity (Wildman–Crippen MR) is 114 cm³/mol. The molecule has 0 bridgehead atoms. The Hall–Kier alpha value is -3.38. The molecule has 0 aliphatic heterocycles. The molecule has 6 heteroatoms. The van der Waals surface area contributed by atoms with Crippen molar-refractivity contribution in [1.82, 2.24) is 9.97 Å². The lowest BCUT2D eigenvalue weighted by Crippen LogP contribution is -2.14. The molecule has 4 nitrogen and oxygen atoms in total. The summed E-state index contributed by atoms with van der Waals surface area (Å²) in [7, 11) is 0. The number of aryl methyl sites for hydroxylation is 1. The van der Waals surface area contributed by atoms with Crippen LogP contribution in [-0.4, -0.2) is 15.9 Å². The molecule has 0 atom stereocenters. The maximum atomic E-state index is 13.2. The standard InChI is InChI=1S/C23H18FN3OS/c24-18-11-9-17(10-12-18)19-15-25-23(22(26-19)20-7-4-14-29-20)27-21(28)13-8-16-5-2-1-3-6-16/h1-7,9-12,14-15H,8,13H2,(H,25,27,28). The molecule has 0 unspecified atom stereocenters. The number of amides is 1. The molecule has 0 radical (unpaired) electrons. The Bertz CT molecular complexity index is 1100. The Morgan fingerprint density at radius 1 is 1.00 bits per heavy atom. The highest BCUT2D eigenvalue weighted by molar-refractivity contribution is 7.13. The first kappa shape index (κ1) is 19.0. The third-order valence-corrected chi connectivity index (χ3v) is 5.29. The summed E-state index contributed by atoms with van der Waals surface area (Å²) < 4.78 is 13.2. The van der Waals surface area contributed by atoms with E-state index in [1.54, 1.807) is 18.3 Å². The molecule has 4 aromatic rings. The van der Waals surface area contributed by atoms with Gasteiger partial charge in [0, 0.05) is 12.0 Å². The van der Waals surface area contributed by atoms with Gasteiger partial charge in [0.15, 0.2) is 5.82 Å². The minimum atomic E-state index is -0.303. The Balaban J connectivity index is 1.57. The van der Waals surface area contributed by atoms with Gasteiger partial charge in [0.1, 0.15) is 11.5 Å². The van der Waals surface area contributed by atoms with E-state index in [2.05, 4.69) is 10.3 Å². The Kier molecular flexibility index (Phi) is 5.72. The molecule has 0 aliphatic rings. The highest BCUT2D eigenvalue weighted by Crippen LogP contribution is 2.31. The molecule has 0 spiro atoms. The number of rotatable bonds is 6. The average molecular weight is 403 g/mol. The smallest absolute Gasteiger partial charge is 0.225 e. The van der Waals surface area contributed by atoms with E-state index in [1.165, 1.54) is 23.5 Å². The fourth-order valence-electron chi connectivity index (χ4n) is 2.92. The Labute approximate surface area is 172 Å². The van der Waals surface area contributed by atoms with Gasteiger partial charge in [-0.25, -0.2) is 14.4 Å². The van der Waals surface area contributed by atoms with Gasteiger partial charge in [-0.2, -0.15) is 0 Å². The maximum Gasteiger partial charge on any atom is 0.225 e. The second-order valence-electron chi connectivity index (χ2n) is 6.47. The molecule has 29 heavy (non-hydrogen) atoms. The van der Waals surface area contributed by atoms with E-state index in [0.29, 0.717) is 30.0 Å². The molecule has 1 amide bonds. The number of halogens is 1. The zero-order chi connectivity index (χ0) is 20.1. The lowest BCUT2D eigenvalue weighted by molar-refractivity contribution is -0.116. The molecule has 4 rings (SSSR count). The molecule has 0 aliphatic carbocycles. The van der Waals surface area contributed by atoms with Crippen LogP contribution in [0.4, 0.5) is 10.2 Å². The zero-order valence-electron chi connectivity index (χ0n) is 15.5. The highest BCUT2D eigenvalue weighted by Gasteiger charge is 2.15. The summed E-state index contributed by atoms with van der Waals surface area (Å²) >= 11 is 1.52. The summed E-state index contributed by atoms with van der Waals surface area (Å²) in [6.45, 7) is 0.